The van der Waals surface area contributed by atoms with E-state index in [0.717, 1.165) is 58.1 Å². The zero-order chi connectivity index (χ0) is 16.3. The number of nitrogens with zero attached hydrogens (tertiary/aromatic N) is 2. The van der Waals surface area contributed by atoms with Gasteiger partial charge in [-0.05, 0) is 45.1 Å². The Morgan fingerprint density at radius 3 is 2.74 bits per heavy atom. The Morgan fingerprint density at radius 1 is 1.26 bits per heavy atom. The van der Waals surface area contributed by atoms with Gasteiger partial charge in [-0.2, -0.15) is 0 Å². The van der Waals surface area contributed by atoms with E-state index in [4.69, 9.17) is 9.47 Å². The van der Waals surface area contributed by atoms with Crippen LogP contribution in [0.3, 0.4) is 0 Å². The second-order valence-corrected chi connectivity index (χ2v) is 7.61. The molecule has 3 aliphatic rings. The van der Waals surface area contributed by atoms with Crippen LogP contribution >= 0.6 is 0 Å². The number of esters is 1. The van der Waals surface area contributed by atoms with Crippen LogP contribution in [0.15, 0.2) is 0 Å². The molecule has 0 bridgehead atoms. The largest absolute Gasteiger partial charge is 0.466 e. The van der Waals surface area contributed by atoms with Crippen LogP contribution in [0, 0.1) is 17.3 Å². The molecule has 3 fully saturated rings. The number of rotatable bonds is 7. The second kappa shape index (κ2) is 7.49. The van der Waals surface area contributed by atoms with Crippen molar-refractivity contribution < 1.29 is 14.3 Å². The van der Waals surface area contributed by atoms with E-state index in [1.54, 1.807) is 7.11 Å². The van der Waals surface area contributed by atoms with E-state index in [2.05, 4.69) is 9.80 Å². The normalized spacial score (nSPS) is 32.5. The zero-order valence-electron chi connectivity index (χ0n) is 14.8. The van der Waals surface area contributed by atoms with Gasteiger partial charge >= 0.3 is 5.97 Å². The van der Waals surface area contributed by atoms with Gasteiger partial charge in [0.15, 0.2) is 0 Å². The molecule has 132 valence electrons. The summed E-state index contributed by atoms with van der Waals surface area (Å²) in [6.45, 7) is 9.32. The first-order valence-corrected chi connectivity index (χ1v) is 9.29. The van der Waals surface area contributed by atoms with Crippen molar-refractivity contribution in [3.05, 3.63) is 0 Å². The van der Waals surface area contributed by atoms with Crippen molar-refractivity contribution in [1.82, 2.24) is 9.80 Å². The van der Waals surface area contributed by atoms with Gasteiger partial charge in [0.1, 0.15) is 0 Å². The highest BCUT2D eigenvalue weighted by Gasteiger charge is 2.53. The minimum absolute atomic E-state index is 0.0400. The van der Waals surface area contributed by atoms with Crippen molar-refractivity contribution in [2.75, 3.05) is 59.6 Å². The molecule has 1 aliphatic carbocycles. The molecule has 2 saturated heterocycles. The zero-order valence-corrected chi connectivity index (χ0v) is 14.8. The predicted octanol–water partition coefficient (Wildman–Crippen LogP) is 1.62. The van der Waals surface area contributed by atoms with Crippen LogP contribution in [0.1, 0.15) is 32.6 Å². The van der Waals surface area contributed by atoms with E-state index >= 15 is 0 Å². The van der Waals surface area contributed by atoms with Crippen LogP contribution in [-0.4, -0.2) is 75.4 Å². The lowest BCUT2D eigenvalue weighted by Gasteiger charge is -2.31. The Balaban J connectivity index is 1.72. The average molecular weight is 324 g/mol. The van der Waals surface area contributed by atoms with E-state index in [1.807, 2.05) is 6.92 Å². The smallest absolute Gasteiger partial charge is 0.313 e. The molecule has 2 atom stereocenters. The summed E-state index contributed by atoms with van der Waals surface area (Å²) in [6.07, 6.45) is 4.87. The SMILES string of the molecule is CCOC(=O)[C@@]12CCCN(CC3CC3)C[C@@H]1CN(CCOC)C2. The summed E-state index contributed by atoms with van der Waals surface area (Å²) in [5, 5.41) is 0. The fourth-order valence-corrected chi connectivity index (χ4v) is 4.45. The maximum absolute atomic E-state index is 12.8. The predicted molar refractivity (Wildman–Crippen MR) is 89.3 cm³/mol. The van der Waals surface area contributed by atoms with Crippen LogP contribution in [0.4, 0.5) is 0 Å². The maximum atomic E-state index is 12.8. The van der Waals surface area contributed by atoms with Crippen LogP contribution in [0.2, 0.25) is 0 Å². The summed E-state index contributed by atoms with van der Waals surface area (Å²) in [7, 11) is 1.74. The number of hydrogen-bond acceptors (Lipinski definition) is 5. The summed E-state index contributed by atoms with van der Waals surface area (Å²) < 4.78 is 10.7. The summed E-state index contributed by atoms with van der Waals surface area (Å²) in [5.41, 5.74) is -0.290. The molecule has 0 radical (unpaired) electrons. The molecule has 0 aromatic heterocycles. The molecular weight excluding hydrogens is 292 g/mol. The highest BCUT2D eigenvalue weighted by Crippen LogP contribution is 2.44. The van der Waals surface area contributed by atoms with E-state index in [-0.39, 0.29) is 11.4 Å². The van der Waals surface area contributed by atoms with E-state index in [1.165, 1.54) is 19.4 Å². The van der Waals surface area contributed by atoms with Gasteiger partial charge in [-0.25, -0.2) is 0 Å². The molecule has 3 rings (SSSR count). The topological polar surface area (TPSA) is 42.0 Å². The molecular formula is C18H32N2O3. The fourth-order valence-electron chi connectivity index (χ4n) is 4.45. The van der Waals surface area contributed by atoms with Crippen LogP contribution in [0.25, 0.3) is 0 Å². The van der Waals surface area contributed by atoms with Crippen LogP contribution in [-0.2, 0) is 14.3 Å². The van der Waals surface area contributed by atoms with Gasteiger partial charge in [-0.3, -0.25) is 9.69 Å². The quantitative estimate of drug-likeness (QED) is 0.666. The van der Waals surface area contributed by atoms with Gasteiger partial charge < -0.3 is 14.4 Å². The van der Waals surface area contributed by atoms with Crippen molar-refractivity contribution in [1.29, 1.82) is 0 Å². The molecule has 2 aliphatic heterocycles. The van der Waals surface area contributed by atoms with Gasteiger partial charge in [0, 0.05) is 45.8 Å². The Bertz CT molecular complexity index is 413. The monoisotopic (exact) mass is 324 g/mol. The standard InChI is InChI=1S/C18H32N2O3/c1-3-23-17(21)18-7-4-8-19(11-15-5-6-15)12-16(18)13-20(14-18)9-10-22-2/h15-16H,3-14H2,1-2H3/t16-,18-/m1/s1. The minimum atomic E-state index is -0.290. The van der Waals surface area contributed by atoms with Crippen molar-refractivity contribution in [3.63, 3.8) is 0 Å². The number of methoxy groups -OCH3 is 1. The first-order chi connectivity index (χ1) is 11.2. The maximum Gasteiger partial charge on any atom is 0.313 e. The molecule has 0 unspecified atom stereocenters. The molecule has 1 saturated carbocycles. The Morgan fingerprint density at radius 2 is 2.04 bits per heavy atom. The summed E-state index contributed by atoms with van der Waals surface area (Å²) in [4.78, 5) is 17.8. The molecule has 0 aromatic carbocycles. The number of ether oxygens (including phenoxy) is 2. The Labute approximate surface area is 140 Å². The Kier molecular flexibility index (Phi) is 5.60. The third-order valence-corrected chi connectivity index (χ3v) is 5.85. The minimum Gasteiger partial charge on any atom is -0.466 e. The molecule has 2 heterocycles. The highest BCUT2D eigenvalue weighted by atomic mass is 16.5. The first-order valence-electron chi connectivity index (χ1n) is 9.29. The third-order valence-electron chi connectivity index (χ3n) is 5.85. The van der Waals surface area contributed by atoms with Gasteiger partial charge in [-0.15, -0.1) is 0 Å². The molecule has 0 spiro atoms. The van der Waals surface area contributed by atoms with Gasteiger partial charge in [0.05, 0.1) is 18.6 Å². The molecule has 0 amide bonds. The fraction of sp³-hybridized carbons (Fsp3) is 0.944. The van der Waals surface area contributed by atoms with Crippen molar-refractivity contribution in [3.8, 4) is 0 Å². The number of carbonyl (C=O) groups excluding carboxylic acids is 1. The van der Waals surface area contributed by atoms with Crippen LogP contribution in [0.5, 0.6) is 0 Å². The second-order valence-electron chi connectivity index (χ2n) is 7.61. The molecule has 23 heavy (non-hydrogen) atoms. The molecule has 0 N–H and O–H groups in total. The van der Waals surface area contributed by atoms with E-state index < -0.39 is 0 Å². The number of likely N-dealkylation sites (tertiary alicyclic amines) is 2. The summed E-state index contributed by atoms with van der Waals surface area (Å²) in [5.74, 6) is 1.36. The average Bonchev–Trinajstić information content (AvgIpc) is 3.30. The van der Waals surface area contributed by atoms with E-state index in [9.17, 15) is 4.79 Å². The molecule has 5 heteroatoms. The third kappa shape index (κ3) is 3.89. The van der Waals surface area contributed by atoms with Crippen molar-refractivity contribution in [2.45, 2.75) is 32.6 Å². The highest BCUT2D eigenvalue weighted by molar-refractivity contribution is 5.78. The Hall–Kier alpha value is -0.650. The summed E-state index contributed by atoms with van der Waals surface area (Å²) >= 11 is 0. The van der Waals surface area contributed by atoms with Gasteiger partial charge in [0.25, 0.3) is 0 Å². The molecule has 0 aromatic rings. The van der Waals surface area contributed by atoms with Crippen molar-refractivity contribution in [2.24, 2.45) is 17.3 Å². The molecule has 5 nitrogen and oxygen atoms in total. The van der Waals surface area contributed by atoms with Crippen molar-refractivity contribution >= 4 is 5.97 Å². The number of fused-ring (bicyclic) bond motifs is 1. The number of hydrogen-bond donors (Lipinski definition) is 0. The summed E-state index contributed by atoms with van der Waals surface area (Å²) in [6, 6.07) is 0. The number of carbonyl (C=O) groups is 1. The lowest BCUT2D eigenvalue weighted by atomic mass is 9.75. The lowest BCUT2D eigenvalue weighted by molar-refractivity contribution is -0.157. The van der Waals surface area contributed by atoms with Crippen LogP contribution < -0.4 is 0 Å². The first kappa shape index (κ1) is 17.2. The lowest BCUT2D eigenvalue weighted by Crippen LogP contribution is -2.43. The van der Waals surface area contributed by atoms with Gasteiger partial charge in [0.2, 0.25) is 0 Å². The van der Waals surface area contributed by atoms with E-state index in [0.29, 0.717) is 12.5 Å². The van der Waals surface area contributed by atoms with Gasteiger partial charge in [-0.1, -0.05) is 0 Å².